The number of pyridine rings is 1. The number of hydrogen-bond acceptors (Lipinski definition) is 4. The number of rotatable bonds is 6. The maximum Gasteiger partial charge on any atom is 0.212 e. The summed E-state index contributed by atoms with van der Waals surface area (Å²) in [5.41, 5.74) is 1.69. The van der Waals surface area contributed by atoms with E-state index in [2.05, 4.69) is 14.9 Å². The van der Waals surface area contributed by atoms with Gasteiger partial charge >= 0.3 is 0 Å². The zero-order valence-electron chi connectivity index (χ0n) is 13.6. The fraction of sp³-hybridized carbons (Fsp3) is 0.294. The van der Waals surface area contributed by atoms with Crippen molar-refractivity contribution in [2.75, 3.05) is 5.75 Å². The van der Waals surface area contributed by atoms with Crippen molar-refractivity contribution in [2.24, 2.45) is 0 Å². The number of sulfonamides is 1. The molecule has 1 aromatic carbocycles. The third kappa shape index (κ3) is 3.63. The Morgan fingerprint density at radius 3 is 2.50 bits per heavy atom. The highest BCUT2D eigenvalue weighted by atomic mass is 32.2. The van der Waals surface area contributed by atoms with Gasteiger partial charge in [0.15, 0.2) is 11.5 Å². The number of nitrogens with zero attached hydrogens (tertiary/aromatic N) is 3. The molecule has 0 radical (unpaired) electrons. The van der Waals surface area contributed by atoms with Crippen LogP contribution >= 0.6 is 0 Å². The van der Waals surface area contributed by atoms with Gasteiger partial charge in [-0.1, -0.05) is 43.3 Å². The first-order valence-corrected chi connectivity index (χ1v) is 9.46. The molecule has 1 N–H and O–H groups in total. The lowest BCUT2D eigenvalue weighted by Gasteiger charge is -2.16. The molecule has 6 nitrogen and oxygen atoms in total. The van der Waals surface area contributed by atoms with Gasteiger partial charge in [-0.2, -0.15) is 0 Å². The Morgan fingerprint density at radius 1 is 1.04 bits per heavy atom. The molecule has 24 heavy (non-hydrogen) atoms. The highest BCUT2D eigenvalue weighted by Crippen LogP contribution is 2.18. The SMILES string of the molecule is CC(CS(=O)(=O)NC(C)c1nnc2ccccn12)c1ccccc1. The van der Waals surface area contributed by atoms with Crippen LogP contribution in [0.15, 0.2) is 54.7 Å². The minimum Gasteiger partial charge on any atom is -0.285 e. The lowest BCUT2D eigenvalue weighted by atomic mass is 10.0. The van der Waals surface area contributed by atoms with Crippen molar-refractivity contribution in [1.82, 2.24) is 19.3 Å². The Morgan fingerprint density at radius 2 is 1.75 bits per heavy atom. The molecule has 0 aliphatic carbocycles. The molecular formula is C17H20N4O2S. The van der Waals surface area contributed by atoms with Crippen molar-refractivity contribution >= 4 is 15.7 Å². The number of fused-ring (bicyclic) bond motifs is 1. The van der Waals surface area contributed by atoms with Gasteiger partial charge < -0.3 is 0 Å². The zero-order valence-corrected chi connectivity index (χ0v) is 14.4. The summed E-state index contributed by atoms with van der Waals surface area (Å²) in [6.07, 6.45) is 1.82. The lowest BCUT2D eigenvalue weighted by molar-refractivity contribution is 0.553. The molecule has 126 valence electrons. The van der Waals surface area contributed by atoms with Gasteiger partial charge in [-0.25, -0.2) is 13.1 Å². The molecule has 0 fully saturated rings. The van der Waals surface area contributed by atoms with E-state index in [0.29, 0.717) is 11.5 Å². The van der Waals surface area contributed by atoms with Crippen molar-refractivity contribution in [3.05, 3.63) is 66.1 Å². The molecule has 2 heterocycles. The van der Waals surface area contributed by atoms with E-state index in [0.717, 1.165) is 5.56 Å². The van der Waals surface area contributed by atoms with Crippen molar-refractivity contribution in [3.8, 4) is 0 Å². The fourth-order valence-corrected chi connectivity index (χ4v) is 4.32. The van der Waals surface area contributed by atoms with E-state index in [4.69, 9.17) is 0 Å². The van der Waals surface area contributed by atoms with Gasteiger partial charge in [0.05, 0.1) is 11.8 Å². The average molecular weight is 344 g/mol. The standard InChI is InChI=1S/C17H20N4O2S/c1-13(15-8-4-3-5-9-15)12-24(22,23)20-14(2)17-19-18-16-10-6-7-11-21(16)17/h3-11,13-14,20H,12H2,1-2H3. The van der Waals surface area contributed by atoms with Crippen LogP contribution < -0.4 is 4.72 Å². The van der Waals surface area contributed by atoms with Crippen LogP contribution in [-0.4, -0.2) is 28.8 Å². The average Bonchev–Trinajstić information content (AvgIpc) is 2.99. The summed E-state index contributed by atoms with van der Waals surface area (Å²) in [5, 5.41) is 8.16. The van der Waals surface area contributed by atoms with Gasteiger partial charge in [-0.3, -0.25) is 4.40 Å². The second-order valence-corrected chi connectivity index (χ2v) is 7.72. The molecule has 0 saturated heterocycles. The van der Waals surface area contributed by atoms with Crippen LogP contribution in [0.2, 0.25) is 0 Å². The van der Waals surface area contributed by atoms with E-state index >= 15 is 0 Å². The Labute approximate surface area is 141 Å². The van der Waals surface area contributed by atoms with Crippen LogP contribution in [0.4, 0.5) is 0 Å². The summed E-state index contributed by atoms with van der Waals surface area (Å²) in [7, 11) is -3.45. The molecule has 0 amide bonds. The third-order valence-electron chi connectivity index (χ3n) is 3.92. The molecule has 3 rings (SSSR count). The Bertz CT molecular complexity index is 922. The van der Waals surface area contributed by atoms with Gasteiger partial charge in [-0.05, 0) is 30.5 Å². The molecule has 2 aromatic heterocycles. The molecule has 0 aliphatic heterocycles. The van der Waals surface area contributed by atoms with E-state index in [9.17, 15) is 8.42 Å². The Kier molecular flexibility index (Phi) is 4.64. The minimum absolute atomic E-state index is 0.0259. The van der Waals surface area contributed by atoms with Crippen molar-refractivity contribution < 1.29 is 8.42 Å². The van der Waals surface area contributed by atoms with E-state index in [1.165, 1.54) is 0 Å². The maximum atomic E-state index is 12.5. The van der Waals surface area contributed by atoms with E-state index in [1.54, 1.807) is 11.3 Å². The first-order valence-electron chi connectivity index (χ1n) is 7.81. The van der Waals surface area contributed by atoms with Gasteiger partial charge in [0.1, 0.15) is 0 Å². The van der Waals surface area contributed by atoms with Crippen LogP contribution in [0.5, 0.6) is 0 Å². The summed E-state index contributed by atoms with van der Waals surface area (Å²) in [4.78, 5) is 0. The molecule has 2 unspecified atom stereocenters. The van der Waals surface area contributed by atoms with Crippen molar-refractivity contribution in [1.29, 1.82) is 0 Å². The second-order valence-electron chi connectivity index (χ2n) is 5.92. The predicted octanol–water partition coefficient (Wildman–Crippen LogP) is 2.51. The van der Waals surface area contributed by atoms with E-state index in [1.807, 2.05) is 61.7 Å². The molecular weight excluding hydrogens is 324 g/mol. The smallest absolute Gasteiger partial charge is 0.212 e. The molecule has 3 aromatic rings. The van der Waals surface area contributed by atoms with Crippen LogP contribution in [0.1, 0.15) is 37.2 Å². The highest BCUT2D eigenvalue weighted by molar-refractivity contribution is 7.89. The molecule has 0 aliphatic rings. The van der Waals surface area contributed by atoms with Crippen LogP contribution in [0, 0.1) is 0 Å². The van der Waals surface area contributed by atoms with Crippen molar-refractivity contribution in [3.63, 3.8) is 0 Å². The highest BCUT2D eigenvalue weighted by Gasteiger charge is 2.22. The first kappa shape index (κ1) is 16.6. The molecule has 0 bridgehead atoms. The number of nitrogens with one attached hydrogen (secondary N) is 1. The summed E-state index contributed by atoms with van der Waals surface area (Å²) in [5.74, 6) is 0.505. The van der Waals surface area contributed by atoms with E-state index in [-0.39, 0.29) is 11.7 Å². The molecule has 2 atom stereocenters. The third-order valence-corrected chi connectivity index (χ3v) is 5.57. The first-order chi connectivity index (χ1) is 11.5. The van der Waals surface area contributed by atoms with Gasteiger partial charge in [-0.15, -0.1) is 10.2 Å². The Balaban J connectivity index is 1.74. The minimum atomic E-state index is -3.45. The number of aromatic nitrogens is 3. The van der Waals surface area contributed by atoms with Gasteiger partial charge in [0.25, 0.3) is 0 Å². The summed E-state index contributed by atoms with van der Waals surface area (Å²) < 4.78 is 29.5. The van der Waals surface area contributed by atoms with Crippen molar-refractivity contribution in [2.45, 2.75) is 25.8 Å². The zero-order chi connectivity index (χ0) is 17.2. The normalized spacial score (nSPS) is 14.6. The van der Waals surface area contributed by atoms with Gasteiger partial charge in [0.2, 0.25) is 10.0 Å². The quantitative estimate of drug-likeness (QED) is 0.745. The maximum absolute atomic E-state index is 12.5. The predicted molar refractivity (Wildman–Crippen MR) is 93.2 cm³/mol. The van der Waals surface area contributed by atoms with E-state index < -0.39 is 16.1 Å². The lowest BCUT2D eigenvalue weighted by Crippen LogP contribution is -2.31. The molecule has 0 saturated carbocycles. The molecule has 0 spiro atoms. The fourth-order valence-electron chi connectivity index (χ4n) is 2.73. The summed E-state index contributed by atoms with van der Waals surface area (Å²) in [6.45, 7) is 3.68. The van der Waals surface area contributed by atoms with Gasteiger partial charge in [0, 0.05) is 6.20 Å². The number of benzene rings is 1. The van der Waals surface area contributed by atoms with Crippen LogP contribution in [0.3, 0.4) is 0 Å². The topological polar surface area (TPSA) is 76.4 Å². The molecule has 7 heteroatoms. The second kappa shape index (κ2) is 6.70. The summed E-state index contributed by atoms with van der Waals surface area (Å²) in [6, 6.07) is 14.7. The van der Waals surface area contributed by atoms with Crippen LogP contribution in [-0.2, 0) is 10.0 Å². The summed E-state index contributed by atoms with van der Waals surface area (Å²) >= 11 is 0. The van der Waals surface area contributed by atoms with Crippen LogP contribution in [0.25, 0.3) is 5.65 Å². The largest absolute Gasteiger partial charge is 0.285 e. The monoisotopic (exact) mass is 344 g/mol. The number of hydrogen-bond donors (Lipinski definition) is 1. The Hall–Kier alpha value is -2.25.